The lowest BCUT2D eigenvalue weighted by molar-refractivity contribution is -0.870. The first kappa shape index (κ1) is 30.2. The van der Waals surface area contributed by atoms with Crippen LogP contribution < -0.4 is 4.89 Å². The zero-order valence-electron chi connectivity index (χ0n) is 19.9. The summed E-state index contributed by atoms with van der Waals surface area (Å²) in [6, 6.07) is 0. The Balaban J connectivity index is 3.87. The van der Waals surface area contributed by atoms with Crippen molar-refractivity contribution in [1.82, 2.24) is 0 Å². The molecule has 184 valence electrons. The standard InChI is InChI=1S/C22H44NO7P/c1-5-6-7-8-9-10-11-12-13-14-15-16-22(25)30-21(19-24)20-29-31(26,27)28-18-17-23(2,3)4/h8-9,21,24H,5-7,10-20H2,1-4H3/b9-8+/t21-/m0/s1. The maximum absolute atomic E-state index is 11.9. The lowest BCUT2D eigenvalue weighted by Crippen LogP contribution is -2.37. The fourth-order valence-corrected chi connectivity index (χ4v) is 3.36. The molecule has 0 aliphatic rings. The van der Waals surface area contributed by atoms with Gasteiger partial charge in [0.2, 0.25) is 0 Å². The number of likely N-dealkylation sites (N-methyl/N-ethyl adjacent to an activating group) is 1. The highest BCUT2D eigenvalue weighted by Crippen LogP contribution is 2.38. The molecule has 0 saturated heterocycles. The van der Waals surface area contributed by atoms with Gasteiger partial charge in [-0.25, -0.2) is 0 Å². The van der Waals surface area contributed by atoms with Crippen LogP contribution in [0.5, 0.6) is 0 Å². The fourth-order valence-electron chi connectivity index (χ4n) is 2.63. The summed E-state index contributed by atoms with van der Waals surface area (Å²) >= 11 is 0. The van der Waals surface area contributed by atoms with Crippen molar-refractivity contribution in [2.24, 2.45) is 0 Å². The molecule has 31 heavy (non-hydrogen) atoms. The SMILES string of the molecule is CCCC/C=C/CCCCCCCC(=O)O[C@@H](CO)COP(=O)([O-])OCC[N+](C)(C)C. The molecule has 0 rings (SSSR count). The number of ether oxygens (including phenoxy) is 1. The van der Waals surface area contributed by atoms with Crippen molar-refractivity contribution in [1.29, 1.82) is 0 Å². The first-order valence-corrected chi connectivity index (χ1v) is 12.9. The van der Waals surface area contributed by atoms with Gasteiger partial charge < -0.3 is 28.3 Å². The number of aliphatic hydroxyl groups excluding tert-OH is 1. The Morgan fingerprint density at radius 1 is 1.03 bits per heavy atom. The average Bonchev–Trinajstić information content (AvgIpc) is 2.68. The molecule has 0 radical (unpaired) electrons. The second-order valence-electron chi connectivity index (χ2n) is 8.80. The van der Waals surface area contributed by atoms with Crippen LogP contribution in [0.15, 0.2) is 12.2 Å². The Bertz CT molecular complexity index is 534. The van der Waals surface area contributed by atoms with E-state index in [4.69, 9.17) is 13.8 Å². The molecule has 2 atom stereocenters. The molecule has 0 aliphatic carbocycles. The van der Waals surface area contributed by atoms with Crippen LogP contribution in [0.3, 0.4) is 0 Å². The number of phosphoric ester groups is 1. The smallest absolute Gasteiger partial charge is 0.306 e. The van der Waals surface area contributed by atoms with Crippen molar-refractivity contribution >= 4 is 13.8 Å². The molecule has 9 heteroatoms. The summed E-state index contributed by atoms with van der Waals surface area (Å²) in [5, 5.41) is 9.32. The number of carbonyl (C=O) groups excluding carboxylic acids is 1. The quantitative estimate of drug-likeness (QED) is 0.0963. The zero-order chi connectivity index (χ0) is 23.6. The Hall–Kier alpha value is -0.760. The van der Waals surface area contributed by atoms with Crippen molar-refractivity contribution in [2.45, 2.75) is 77.2 Å². The van der Waals surface area contributed by atoms with E-state index in [1.54, 1.807) is 0 Å². The number of hydrogen-bond donors (Lipinski definition) is 1. The van der Waals surface area contributed by atoms with Crippen LogP contribution >= 0.6 is 7.82 Å². The number of carbonyl (C=O) groups is 1. The van der Waals surface area contributed by atoms with Crippen LogP contribution in [0.4, 0.5) is 0 Å². The lowest BCUT2D eigenvalue weighted by Gasteiger charge is -2.28. The van der Waals surface area contributed by atoms with Gasteiger partial charge >= 0.3 is 5.97 Å². The molecule has 0 saturated carbocycles. The van der Waals surface area contributed by atoms with Gasteiger partial charge in [-0.3, -0.25) is 9.36 Å². The molecule has 0 bridgehead atoms. The predicted molar refractivity (Wildman–Crippen MR) is 120 cm³/mol. The summed E-state index contributed by atoms with van der Waals surface area (Å²) in [6.07, 6.45) is 13.4. The topological polar surface area (TPSA) is 105 Å². The van der Waals surface area contributed by atoms with E-state index in [2.05, 4.69) is 19.1 Å². The monoisotopic (exact) mass is 465 g/mol. The van der Waals surface area contributed by atoms with E-state index in [-0.39, 0.29) is 13.0 Å². The molecule has 8 nitrogen and oxygen atoms in total. The number of phosphoric acid groups is 1. The highest BCUT2D eigenvalue weighted by Gasteiger charge is 2.19. The van der Waals surface area contributed by atoms with Gasteiger partial charge in [-0.2, -0.15) is 0 Å². The van der Waals surface area contributed by atoms with Gasteiger partial charge in [-0.15, -0.1) is 0 Å². The van der Waals surface area contributed by atoms with Crippen LogP contribution in [0.25, 0.3) is 0 Å². The summed E-state index contributed by atoms with van der Waals surface area (Å²) in [5.74, 6) is -0.465. The van der Waals surface area contributed by atoms with Crippen molar-refractivity contribution < 1.29 is 37.6 Å². The first-order valence-electron chi connectivity index (χ1n) is 11.5. The third-order valence-corrected chi connectivity index (χ3v) is 5.54. The molecule has 1 N–H and O–H groups in total. The number of quaternary nitrogens is 1. The van der Waals surface area contributed by atoms with Gasteiger partial charge in [0.25, 0.3) is 7.82 Å². The number of aliphatic hydroxyl groups is 1. The van der Waals surface area contributed by atoms with Gasteiger partial charge in [-0.05, 0) is 25.7 Å². The van der Waals surface area contributed by atoms with E-state index in [9.17, 15) is 19.4 Å². The molecule has 0 heterocycles. The third-order valence-electron chi connectivity index (χ3n) is 4.57. The number of hydrogen-bond acceptors (Lipinski definition) is 7. The van der Waals surface area contributed by atoms with E-state index in [1.165, 1.54) is 12.8 Å². The van der Waals surface area contributed by atoms with E-state index < -0.39 is 33.1 Å². The van der Waals surface area contributed by atoms with Crippen molar-refractivity contribution in [3.8, 4) is 0 Å². The minimum atomic E-state index is -4.50. The number of allylic oxidation sites excluding steroid dienone is 2. The van der Waals surface area contributed by atoms with Crippen LogP contribution in [-0.2, 0) is 23.1 Å². The van der Waals surface area contributed by atoms with Crippen molar-refractivity contribution in [3.63, 3.8) is 0 Å². The number of nitrogens with zero attached hydrogens (tertiary/aromatic N) is 1. The highest BCUT2D eigenvalue weighted by molar-refractivity contribution is 7.45. The zero-order valence-corrected chi connectivity index (χ0v) is 20.8. The maximum Gasteiger partial charge on any atom is 0.306 e. The fraction of sp³-hybridized carbons (Fsp3) is 0.864. The molecule has 0 fully saturated rings. The van der Waals surface area contributed by atoms with E-state index >= 15 is 0 Å². The van der Waals surface area contributed by atoms with E-state index in [0.717, 1.165) is 38.5 Å². The highest BCUT2D eigenvalue weighted by atomic mass is 31.2. The number of unbranched alkanes of at least 4 members (excludes halogenated alkanes) is 7. The van der Waals surface area contributed by atoms with E-state index in [1.807, 2.05) is 21.1 Å². The summed E-state index contributed by atoms with van der Waals surface area (Å²) in [5.41, 5.74) is 0. The normalized spacial score (nSPS) is 15.2. The molecule has 0 amide bonds. The summed E-state index contributed by atoms with van der Waals surface area (Å²) in [7, 11) is 1.23. The van der Waals surface area contributed by atoms with Crippen LogP contribution in [0, 0.1) is 0 Å². The Labute approximate surface area is 188 Å². The van der Waals surface area contributed by atoms with Crippen molar-refractivity contribution in [3.05, 3.63) is 12.2 Å². The Morgan fingerprint density at radius 3 is 2.26 bits per heavy atom. The van der Waals surface area contributed by atoms with E-state index in [0.29, 0.717) is 17.4 Å². The molecule has 1 unspecified atom stereocenters. The average molecular weight is 466 g/mol. The Kier molecular flexibility index (Phi) is 17.3. The summed E-state index contributed by atoms with van der Waals surface area (Å²) in [4.78, 5) is 23.7. The van der Waals surface area contributed by atoms with Gasteiger partial charge in [0.05, 0.1) is 34.4 Å². The van der Waals surface area contributed by atoms with Gasteiger partial charge in [0.1, 0.15) is 19.3 Å². The lowest BCUT2D eigenvalue weighted by atomic mass is 10.1. The predicted octanol–water partition coefficient (Wildman–Crippen LogP) is 3.58. The van der Waals surface area contributed by atoms with Crippen molar-refractivity contribution in [2.75, 3.05) is 47.5 Å². The second-order valence-corrected chi connectivity index (χ2v) is 10.2. The number of rotatable bonds is 20. The molecule has 0 aliphatic heterocycles. The first-order chi connectivity index (χ1) is 14.6. The molecule has 0 aromatic rings. The minimum absolute atomic E-state index is 0.0109. The summed E-state index contributed by atoms with van der Waals surface area (Å²) < 4.78 is 26.9. The van der Waals surface area contributed by atoms with Gasteiger partial charge in [0.15, 0.2) is 0 Å². The number of esters is 1. The largest absolute Gasteiger partial charge is 0.756 e. The molecular weight excluding hydrogens is 421 g/mol. The molecule has 0 aromatic carbocycles. The second kappa shape index (κ2) is 17.8. The third kappa shape index (κ3) is 20.9. The minimum Gasteiger partial charge on any atom is -0.756 e. The van der Waals surface area contributed by atoms with Crippen LogP contribution in [0.1, 0.15) is 71.1 Å². The Morgan fingerprint density at radius 2 is 1.65 bits per heavy atom. The molecular formula is C22H44NO7P. The summed E-state index contributed by atoms with van der Waals surface area (Å²) in [6.45, 7) is 1.69. The van der Waals surface area contributed by atoms with Gasteiger partial charge in [-0.1, -0.05) is 51.2 Å². The maximum atomic E-state index is 11.9. The van der Waals surface area contributed by atoms with Gasteiger partial charge in [0, 0.05) is 6.42 Å². The van der Waals surface area contributed by atoms with Crippen LogP contribution in [0.2, 0.25) is 0 Å². The molecule has 0 aromatic heterocycles. The van der Waals surface area contributed by atoms with Crippen LogP contribution in [-0.4, -0.2) is 69.2 Å². The molecule has 0 spiro atoms.